The summed E-state index contributed by atoms with van der Waals surface area (Å²) in [5, 5.41) is 10.9. The van der Waals surface area contributed by atoms with Crippen LogP contribution in [0.15, 0.2) is 42.5 Å². The lowest BCUT2D eigenvalue weighted by Gasteiger charge is -2.32. The molecule has 3 aromatic rings. The summed E-state index contributed by atoms with van der Waals surface area (Å²) in [6.07, 6.45) is -2.72. The van der Waals surface area contributed by atoms with E-state index >= 15 is 0 Å². The monoisotopic (exact) mass is 498 g/mol. The second-order valence-corrected chi connectivity index (χ2v) is 9.48. The Morgan fingerprint density at radius 3 is 2.50 bits per heavy atom. The number of fused-ring (bicyclic) bond motifs is 1. The van der Waals surface area contributed by atoms with Gasteiger partial charge in [-0.1, -0.05) is 24.3 Å². The molecule has 0 saturated carbocycles. The number of hydrogen-bond acceptors (Lipinski definition) is 5. The van der Waals surface area contributed by atoms with Crippen molar-refractivity contribution in [1.29, 1.82) is 0 Å². The number of aryl methyl sites for hydroxylation is 1. The maximum Gasteiger partial charge on any atom is 0.401 e. The molecular weight excluding hydrogens is 469 g/mol. The molecule has 1 fully saturated rings. The molecule has 10 heteroatoms. The summed E-state index contributed by atoms with van der Waals surface area (Å²) >= 11 is 0. The largest absolute Gasteiger partial charge is 0.401 e. The Morgan fingerprint density at radius 1 is 1.11 bits per heavy atom. The summed E-state index contributed by atoms with van der Waals surface area (Å²) < 4.78 is 39.7. The van der Waals surface area contributed by atoms with Crippen LogP contribution in [0.25, 0.3) is 11.4 Å². The Hall–Kier alpha value is -3.40. The van der Waals surface area contributed by atoms with Gasteiger partial charge < -0.3 is 10.6 Å². The minimum Gasteiger partial charge on any atom is -0.345 e. The zero-order chi connectivity index (χ0) is 25.4. The first-order chi connectivity index (χ1) is 17.2. The van der Waals surface area contributed by atoms with E-state index in [1.165, 1.54) is 4.90 Å². The number of likely N-dealkylation sites (tertiary alicyclic amines) is 1. The van der Waals surface area contributed by atoms with Crippen molar-refractivity contribution in [3.8, 4) is 11.4 Å². The van der Waals surface area contributed by atoms with E-state index < -0.39 is 12.7 Å². The molecule has 2 aliphatic heterocycles. The summed E-state index contributed by atoms with van der Waals surface area (Å²) in [6.45, 7) is 4.65. The number of benzene rings is 2. The van der Waals surface area contributed by atoms with Crippen LogP contribution in [0.5, 0.6) is 0 Å². The third-order valence-electron chi connectivity index (χ3n) is 6.97. The van der Waals surface area contributed by atoms with Gasteiger partial charge in [0, 0.05) is 23.4 Å². The maximum absolute atomic E-state index is 12.7. The van der Waals surface area contributed by atoms with E-state index in [1.807, 2.05) is 56.3 Å². The number of rotatable bonds is 6. The fraction of sp³-hybridized carbons (Fsp3) is 0.423. The van der Waals surface area contributed by atoms with Crippen molar-refractivity contribution in [2.75, 3.05) is 25.0 Å². The summed E-state index contributed by atoms with van der Waals surface area (Å²) in [7, 11) is 0. The summed E-state index contributed by atoms with van der Waals surface area (Å²) in [5.74, 6) is 1.40. The van der Waals surface area contributed by atoms with E-state index in [4.69, 9.17) is 4.98 Å². The van der Waals surface area contributed by atoms with Gasteiger partial charge in [-0.05, 0) is 75.0 Å². The fourth-order valence-corrected chi connectivity index (χ4v) is 5.05. The van der Waals surface area contributed by atoms with E-state index in [9.17, 15) is 18.0 Å². The van der Waals surface area contributed by atoms with Gasteiger partial charge in [-0.3, -0.25) is 9.69 Å². The average Bonchev–Trinajstić information content (AvgIpc) is 3.38. The van der Waals surface area contributed by atoms with Crippen LogP contribution in [0.2, 0.25) is 0 Å². The topological polar surface area (TPSA) is 75.1 Å². The summed E-state index contributed by atoms with van der Waals surface area (Å²) in [5.41, 5.74) is 4.48. The van der Waals surface area contributed by atoms with Crippen LogP contribution in [0.4, 0.5) is 24.8 Å². The number of nitrogens with one attached hydrogen (secondary N) is 2. The number of anilines is 2. The van der Waals surface area contributed by atoms with E-state index in [1.54, 1.807) is 4.68 Å². The fourth-order valence-electron chi connectivity index (χ4n) is 5.05. The van der Waals surface area contributed by atoms with Crippen molar-refractivity contribution in [3.05, 3.63) is 59.2 Å². The van der Waals surface area contributed by atoms with Gasteiger partial charge in [0.2, 0.25) is 5.95 Å². The van der Waals surface area contributed by atoms with Crippen LogP contribution in [0.1, 0.15) is 60.1 Å². The quantitative estimate of drug-likeness (QED) is 0.485. The van der Waals surface area contributed by atoms with Gasteiger partial charge in [0.05, 0.1) is 12.6 Å². The molecule has 1 saturated heterocycles. The number of halogens is 3. The Labute approximate surface area is 207 Å². The number of alkyl halides is 3. The van der Waals surface area contributed by atoms with E-state index in [0.29, 0.717) is 49.8 Å². The highest BCUT2D eigenvalue weighted by Crippen LogP contribution is 2.32. The number of hydrogen-bond donors (Lipinski definition) is 2. The van der Waals surface area contributed by atoms with Crippen molar-refractivity contribution < 1.29 is 18.0 Å². The molecule has 0 spiro atoms. The molecule has 3 heterocycles. The molecule has 2 aliphatic rings. The normalized spacial score (nSPS) is 18.8. The Kier molecular flexibility index (Phi) is 6.46. The molecule has 0 aliphatic carbocycles. The third kappa shape index (κ3) is 5.09. The number of carbonyl (C=O) groups excluding carboxylic acids is 1. The predicted molar refractivity (Wildman–Crippen MR) is 131 cm³/mol. The second kappa shape index (κ2) is 9.57. The molecule has 5 rings (SSSR count). The van der Waals surface area contributed by atoms with Gasteiger partial charge in [0.15, 0.2) is 5.82 Å². The zero-order valence-corrected chi connectivity index (χ0v) is 20.3. The number of aromatic nitrogens is 3. The Balaban J connectivity index is 1.28. The first-order valence-corrected chi connectivity index (χ1v) is 12.3. The van der Waals surface area contributed by atoms with Crippen molar-refractivity contribution in [2.45, 2.75) is 51.4 Å². The molecule has 1 unspecified atom stereocenters. The molecule has 1 amide bonds. The number of nitrogens with zero attached hydrogens (tertiary/aromatic N) is 4. The summed E-state index contributed by atoms with van der Waals surface area (Å²) in [4.78, 5) is 18.2. The lowest BCUT2D eigenvalue weighted by atomic mass is 9.89. The molecule has 1 atom stereocenters. The van der Waals surface area contributed by atoms with Crippen molar-refractivity contribution >= 4 is 17.5 Å². The van der Waals surface area contributed by atoms with E-state index in [-0.39, 0.29) is 17.9 Å². The van der Waals surface area contributed by atoms with Gasteiger partial charge >= 0.3 is 6.18 Å². The van der Waals surface area contributed by atoms with Crippen LogP contribution in [0.3, 0.4) is 0 Å². The lowest BCUT2D eigenvalue weighted by molar-refractivity contribution is -0.147. The van der Waals surface area contributed by atoms with Gasteiger partial charge in [0.1, 0.15) is 0 Å². The molecule has 0 bridgehead atoms. The minimum atomic E-state index is -4.15. The Morgan fingerprint density at radius 2 is 1.83 bits per heavy atom. The van der Waals surface area contributed by atoms with Crippen molar-refractivity contribution in [1.82, 2.24) is 25.0 Å². The molecule has 190 valence electrons. The van der Waals surface area contributed by atoms with Gasteiger partial charge in [-0.2, -0.15) is 18.2 Å². The van der Waals surface area contributed by atoms with Crippen LogP contribution in [-0.2, 0) is 6.54 Å². The van der Waals surface area contributed by atoms with E-state index in [0.717, 1.165) is 22.4 Å². The molecule has 1 aromatic heterocycles. The molecular formula is C26H29F3N6O. The smallest absolute Gasteiger partial charge is 0.345 e. The first-order valence-electron chi connectivity index (χ1n) is 12.3. The average molecular weight is 499 g/mol. The zero-order valence-electron chi connectivity index (χ0n) is 20.3. The van der Waals surface area contributed by atoms with Crippen molar-refractivity contribution in [2.24, 2.45) is 0 Å². The standard InChI is InChI=1S/C26H29F3N6O/c1-3-35-25(31-20-8-9-21-22(14-20)16(2)30-24(21)36)32-23(33-35)19-6-4-17(5-7-19)18-10-12-34(13-11-18)15-26(27,28)29/h4-9,14,16,18H,3,10-13,15H2,1-2H3,(H,30,36)(H,31,32,33). The van der Waals surface area contributed by atoms with Crippen LogP contribution in [-0.4, -0.2) is 51.4 Å². The van der Waals surface area contributed by atoms with Crippen molar-refractivity contribution in [3.63, 3.8) is 0 Å². The second-order valence-electron chi connectivity index (χ2n) is 9.48. The molecule has 0 radical (unpaired) electrons. The van der Waals surface area contributed by atoms with Gasteiger partial charge in [-0.25, -0.2) is 4.68 Å². The highest BCUT2D eigenvalue weighted by molar-refractivity contribution is 5.99. The number of amides is 1. The minimum absolute atomic E-state index is 0.0377. The van der Waals surface area contributed by atoms with Crippen LogP contribution >= 0.6 is 0 Å². The Bertz CT molecular complexity index is 1250. The molecule has 36 heavy (non-hydrogen) atoms. The predicted octanol–water partition coefficient (Wildman–Crippen LogP) is 5.25. The summed E-state index contributed by atoms with van der Waals surface area (Å²) in [6, 6.07) is 13.6. The number of piperidine rings is 1. The van der Waals surface area contributed by atoms with Gasteiger partial charge in [-0.15, -0.1) is 5.10 Å². The third-order valence-corrected chi connectivity index (χ3v) is 6.97. The maximum atomic E-state index is 12.7. The molecule has 2 N–H and O–H groups in total. The number of carbonyl (C=O) groups is 1. The first kappa shape index (κ1) is 24.3. The van der Waals surface area contributed by atoms with E-state index in [2.05, 4.69) is 15.7 Å². The highest BCUT2D eigenvalue weighted by atomic mass is 19.4. The van der Waals surface area contributed by atoms with Crippen LogP contribution < -0.4 is 10.6 Å². The van der Waals surface area contributed by atoms with Crippen LogP contribution in [0, 0.1) is 0 Å². The van der Waals surface area contributed by atoms with Gasteiger partial charge in [0.25, 0.3) is 5.91 Å². The molecule has 2 aromatic carbocycles. The SMILES string of the molecule is CCn1nc(-c2ccc(C3CCN(CC(F)(F)F)CC3)cc2)nc1Nc1ccc2c(c1)C(C)NC2=O. The molecule has 7 nitrogen and oxygen atoms in total. The lowest BCUT2D eigenvalue weighted by Crippen LogP contribution is -2.39. The highest BCUT2D eigenvalue weighted by Gasteiger charge is 2.32.